The third kappa shape index (κ3) is 1.95. The predicted molar refractivity (Wildman–Crippen MR) is 59.2 cm³/mol. The fraction of sp³-hybridized carbons (Fsp3) is 0.167. The molecular weight excluding hydrogens is 204 g/mol. The van der Waals surface area contributed by atoms with Crippen LogP contribution < -0.4 is 0 Å². The highest BCUT2D eigenvalue weighted by molar-refractivity contribution is 5.79. The van der Waals surface area contributed by atoms with Gasteiger partial charge in [-0.2, -0.15) is 0 Å². The Bertz CT molecular complexity index is 491. The lowest BCUT2D eigenvalue weighted by molar-refractivity contribution is -0.137. The number of H-pyrrole nitrogens is 1. The number of aromatic nitrogens is 2. The summed E-state index contributed by atoms with van der Waals surface area (Å²) in [5.41, 5.74) is 1.36. The number of imidazole rings is 1. The topological polar surface area (TPSA) is 66.0 Å². The molecule has 0 saturated heterocycles. The van der Waals surface area contributed by atoms with Gasteiger partial charge >= 0.3 is 5.97 Å². The molecule has 0 saturated carbocycles. The first-order chi connectivity index (χ1) is 7.68. The van der Waals surface area contributed by atoms with Crippen molar-refractivity contribution in [1.82, 2.24) is 9.97 Å². The number of rotatable bonds is 3. The van der Waals surface area contributed by atoms with Gasteiger partial charge in [-0.1, -0.05) is 30.3 Å². The molecule has 4 nitrogen and oxygen atoms in total. The molecule has 0 bridgehead atoms. The van der Waals surface area contributed by atoms with E-state index in [1.165, 1.54) is 0 Å². The smallest absolute Gasteiger partial charge is 0.317 e. The van der Waals surface area contributed by atoms with Crippen molar-refractivity contribution < 1.29 is 9.90 Å². The predicted octanol–water partition coefficient (Wildman–Crippen LogP) is 1.93. The van der Waals surface area contributed by atoms with Crippen LogP contribution in [0.15, 0.2) is 36.5 Å². The monoisotopic (exact) mass is 216 g/mol. The molecular formula is C12H12N2O2. The maximum absolute atomic E-state index is 11.3. The highest BCUT2D eigenvalue weighted by Crippen LogP contribution is 2.23. The quantitative estimate of drug-likeness (QED) is 0.823. The summed E-state index contributed by atoms with van der Waals surface area (Å²) in [6, 6.07) is 9.12. The molecule has 2 N–H and O–H groups in total. The number of carbonyl (C=O) groups is 1. The maximum Gasteiger partial charge on any atom is 0.317 e. The average Bonchev–Trinajstić information content (AvgIpc) is 2.66. The van der Waals surface area contributed by atoms with Gasteiger partial charge in [-0.15, -0.1) is 0 Å². The number of carboxylic acids is 1. The molecule has 1 atom stereocenters. The lowest BCUT2D eigenvalue weighted by atomic mass is 9.96. The zero-order chi connectivity index (χ0) is 11.5. The zero-order valence-corrected chi connectivity index (χ0v) is 8.84. The van der Waals surface area contributed by atoms with Gasteiger partial charge in [0.1, 0.15) is 11.7 Å². The molecule has 1 unspecified atom stereocenters. The van der Waals surface area contributed by atoms with E-state index in [2.05, 4.69) is 9.97 Å². The Labute approximate surface area is 93.0 Å². The molecule has 16 heavy (non-hydrogen) atoms. The Morgan fingerprint density at radius 1 is 1.38 bits per heavy atom. The summed E-state index contributed by atoms with van der Waals surface area (Å²) in [5, 5.41) is 9.24. The van der Waals surface area contributed by atoms with Crippen LogP contribution in [-0.4, -0.2) is 21.0 Å². The molecule has 2 rings (SSSR count). The minimum Gasteiger partial charge on any atom is -0.480 e. The van der Waals surface area contributed by atoms with Crippen molar-refractivity contribution in [1.29, 1.82) is 0 Å². The van der Waals surface area contributed by atoms with Crippen molar-refractivity contribution in [2.24, 2.45) is 0 Å². The molecule has 1 heterocycles. The fourth-order valence-corrected chi connectivity index (χ4v) is 1.69. The molecule has 1 aromatic carbocycles. The van der Waals surface area contributed by atoms with E-state index >= 15 is 0 Å². The second kappa shape index (κ2) is 4.18. The molecule has 2 aromatic rings. The van der Waals surface area contributed by atoms with Crippen molar-refractivity contribution in [2.45, 2.75) is 12.8 Å². The number of hydrogen-bond acceptors (Lipinski definition) is 2. The molecule has 82 valence electrons. The van der Waals surface area contributed by atoms with Crippen LogP contribution in [0.2, 0.25) is 0 Å². The zero-order valence-electron chi connectivity index (χ0n) is 8.84. The summed E-state index contributed by atoms with van der Waals surface area (Å²) in [6.07, 6.45) is 1.57. The summed E-state index contributed by atoms with van der Waals surface area (Å²) in [4.78, 5) is 18.3. The lowest BCUT2D eigenvalue weighted by Gasteiger charge is -2.10. The van der Waals surface area contributed by atoms with E-state index in [0.29, 0.717) is 5.69 Å². The second-order valence-electron chi connectivity index (χ2n) is 3.61. The van der Waals surface area contributed by atoms with Crippen LogP contribution in [0.3, 0.4) is 0 Å². The molecule has 0 amide bonds. The number of carboxylic acid groups (broad SMARTS) is 1. The minimum atomic E-state index is -0.880. The number of aliphatic carboxylic acids is 1. The average molecular weight is 216 g/mol. The summed E-state index contributed by atoms with van der Waals surface area (Å²) >= 11 is 0. The van der Waals surface area contributed by atoms with Gasteiger partial charge in [0, 0.05) is 6.20 Å². The van der Waals surface area contributed by atoms with Crippen molar-refractivity contribution in [3.05, 3.63) is 53.6 Å². The van der Waals surface area contributed by atoms with Crippen LogP contribution in [0.4, 0.5) is 0 Å². The van der Waals surface area contributed by atoms with Gasteiger partial charge in [-0.3, -0.25) is 4.79 Å². The first kappa shape index (κ1) is 10.4. The van der Waals surface area contributed by atoms with Crippen LogP contribution >= 0.6 is 0 Å². The van der Waals surface area contributed by atoms with Crippen LogP contribution in [-0.2, 0) is 4.79 Å². The fourth-order valence-electron chi connectivity index (χ4n) is 1.69. The Morgan fingerprint density at radius 2 is 2.06 bits per heavy atom. The van der Waals surface area contributed by atoms with Crippen LogP contribution in [0, 0.1) is 6.92 Å². The van der Waals surface area contributed by atoms with Gasteiger partial charge in [-0.05, 0) is 12.5 Å². The molecule has 0 aliphatic heterocycles. The summed E-state index contributed by atoms with van der Waals surface area (Å²) < 4.78 is 0. The number of nitrogens with zero attached hydrogens (tertiary/aromatic N) is 1. The Balaban J connectivity index is 2.43. The molecule has 0 aliphatic rings. The van der Waals surface area contributed by atoms with E-state index in [1.54, 1.807) is 25.3 Å². The van der Waals surface area contributed by atoms with E-state index < -0.39 is 11.9 Å². The van der Waals surface area contributed by atoms with E-state index in [0.717, 1.165) is 11.4 Å². The van der Waals surface area contributed by atoms with Crippen molar-refractivity contribution in [2.75, 3.05) is 0 Å². The first-order valence-electron chi connectivity index (χ1n) is 4.97. The number of aryl methyl sites for hydroxylation is 1. The lowest BCUT2D eigenvalue weighted by Crippen LogP contribution is -2.13. The Hall–Kier alpha value is -2.10. The summed E-state index contributed by atoms with van der Waals surface area (Å²) in [7, 11) is 0. The molecule has 0 aliphatic carbocycles. The van der Waals surface area contributed by atoms with Gasteiger partial charge in [0.25, 0.3) is 0 Å². The number of hydrogen-bond donors (Lipinski definition) is 2. The van der Waals surface area contributed by atoms with Crippen LogP contribution in [0.25, 0.3) is 0 Å². The van der Waals surface area contributed by atoms with Gasteiger partial charge < -0.3 is 10.1 Å². The standard InChI is InChI=1S/C12H12N2O2/c1-8-13-7-10(14-8)11(12(15)16)9-5-3-2-4-6-9/h2-7,11H,1H3,(H,13,14)(H,15,16). The first-order valence-corrected chi connectivity index (χ1v) is 4.97. The van der Waals surface area contributed by atoms with Crippen LogP contribution in [0.5, 0.6) is 0 Å². The number of aromatic amines is 1. The summed E-state index contributed by atoms with van der Waals surface area (Å²) in [6.45, 7) is 1.80. The van der Waals surface area contributed by atoms with E-state index in [4.69, 9.17) is 0 Å². The Kier molecular flexibility index (Phi) is 2.72. The Morgan fingerprint density at radius 3 is 2.56 bits per heavy atom. The largest absolute Gasteiger partial charge is 0.480 e. The normalized spacial score (nSPS) is 12.3. The van der Waals surface area contributed by atoms with Gasteiger partial charge in [-0.25, -0.2) is 4.98 Å². The molecule has 4 heteroatoms. The third-order valence-electron chi connectivity index (χ3n) is 2.41. The number of nitrogens with one attached hydrogen (secondary N) is 1. The van der Waals surface area contributed by atoms with E-state index in [-0.39, 0.29) is 0 Å². The van der Waals surface area contributed by atoms with Crippen LogP contribution in [0.1, 0.15) is 23.0 Å². The molecule has 0 spiro atoms. The molecule has 0 fully saturated rings. The molecule has 0 radical (unpaired) electrons. The maximum atomic E-state index is 11.3. The third-order valence-corrected chi connectivity index (χ3v) is 2.41. The van der Waals surface area contributed by atoms with E-state index in [1.807, 2.05) is 18.2 Å². The molecule has 1 aromatic heterocycles. The summed E-state index contributed by atoms with van der Waals surface area (Å²) in [5.74, 6) is -0.838. The van der Waals surface area contributed by atoms with E-state index in [9.17, 15) is 9.90 Å². The second-order valence-corrected chi connectivity index (χ2v) is 3.61. The van der Waals surface area contributed by atoms with Gasteiger partial charge in [0.2, 0.25) is 0 Å². The minimum absolute atomic E-state index is 0.608. The number of benzene rings is 1. The van der Waals surface area contributed by atoms with Gasteiger partial charge in [0.15, 0.2) is 0 Å². The highest BCUT2D eigenvalue weighted by atomic mass is 16.4. The SMILES string of the molecule is Cc1ncc(C(C(=O)O)c2ccccc2)[nH]1. The van der Waals surface area contributed by atoms with Gasteiger partial charge in [0.05, 0.1) is 5.69 Å². The van der Waals surface area contributed by atoms with Crippen molar-refractivity contribution >= 4 is 5.97 Å². The van der Waals surface area contributed by atoms with Crippen molar-refractivity contribution in [3.63, 3.8) is 0 Å². The highest BCUT2D eigenvalue weighted by Gasteiger charge is 2.23. The van der Waals surface area contributed by atoms with Crippen molar-refractivity contribution in [3.8, 4) is 0 Å².